The third-order valence-corrected chi connectivity index (χ3v) is 4.80. The SMILES string of the molecule is Cc1nn(C)c2sc(C(=O)N3CCOCC3CO)cc12. The second-order valence-electron chi connectivity index (χ2n) is 4.95. The van der Waals surface area contributed by atoms with Gasteiger partial charge in [-0.05, 0) is 13.0 Å². The lowest BCUT2D eigenvalue weighted by molar-refractivity contribution is -0.0181. The largest absolute Gasteiger partial charge is 0.394 e. The Bertz CT molecular complexity index is 614. The topological polar surface area (TPSA) is 67.6 Å². The van der Waals surface area contributed by atoms with E-state index in [1.54, 1.807) is 9.58 Å². The van der Waals surface area contributed by atoms with Gasteiger partial charge in [0.25, 0.3) is 5.91 Å². The number of ether oxygens (including phenoxy) is 1. The number of carbonyl (C=O) groups excluding carboxylic acids is 1. The van der Waals surface area contributed by atoms with Crippen molar-refractivity contribution < 1.29 is 14.6 Å². The molecule has 6 nitrogen and oxygen atoms in total. The summed E-state index contributed by atoms with van der Waals surface area (Å²) in [5.41, 5.74) is 0.929. The Morgan fingerprint density at radius 1 is 1.65 bits per heavy atom. The molecule has 1 atom stereocenters. The molecule has 2 aromatic heterocycles. The van der Waals surface area contributed by atoms with Gasteiger partial charge in [0, 0.05) is 19.0 Å². The van der Waals surface area contributed by atoms with Gasteiger partial charge in [-0.15, -0.1) is 11.3 Å². The van der Waals surface area contributed by atoms with Crippen LogP contribution >= 0.6 is 11.3 Å². The minimum Gasteiger partial charge on any atom is -0.394 e. The molecule has 0 aliphatic carbocycles. The van der Waals surface area contributed by atoms with Crippen molar-refractivity contribution in [3.8, 4) is 0 Å². The molecule has 7 heteroatoms. The highest BCUT2D eigenvalue weighted by molar-refractivity contribution is 7.20. The number of thiophene rings is 1. The first-order chi connectivity index (χ1) is 9.61. The Hall–Kier alpha value is -1.44. The quantitative estimate of drug-likeness (QED) is 0.889. The molecule has 1 fully saturated rings. The highest BCUT2D eigenvalue weighted by Crippen LogP contribution is 2.29. The summed E-state index contributed by atoms with van der Waals surface area (Å²) in [6.07, 6.45) is 0. The number of morpholine rings is 1. The van der Waals surface area contributed by atoms with Crippen LogP contribution in [0.4, 0.5) is 0 Å². The van der Waals surface area contributed by atoms with Gasteiger partial charge in [0.15, 0.2) is 0 Å². The molecule has 3 rings (SSSR count). The molecule has 0 spiro atoms. The smallest absolute Gasteiger partial charge is 0.264 e. The maximum absolute atomic E-state index is 12.6. The van der Waals surface area contributed by atoms with E-state index in [9.17, 15) is 9.90 Å². The van der Waals surface area contributed by atoms with Crippen LogP contribution in [0, 0.1) is 6.92 Å². The van der Waals surface area contributed by atoms with Crippen molar-refractivity contribution in [2.45, 2.75) is 13.0 Å². The van der Waals surface area contributed by atoms with Gasteiger partial charge in [-0.25, -0.2) is 0 Å². The van der Waals surface area contributed by atoms with Crippen LogP contribution in [-0.4, -0.2) is 58.1 Å². The summed E-state index contributed by atoms with van der Waals surface area (Å²) in [5, 5.41) is 14.7. The molecule has 3 heterocycles. The lowest BCUT2D eigenvalue weighted by atomic mass is 10.2. The van der Waals surface area contributed by atoms with E-state index in [1.165, 1.54) is 11.3 Å². The molecular formula is C13H17N3O3S. The van der Waals surface area contributed by atoms with E-state index in [4.69, 9.17) is 4.74 Å². The van der Waals surface area contributed by atoms with Crippen molar-refractivity contribution in [3.05, 3.63) is 16.6 Å². The maximum atomic E-state index is 12.6. The summed E-state index contributed by atoms with van der Waals surface area (Å²) in [5.74, 6) is -0.0343. The van der Waals surface area contributed by atoms with Crippen LogP contribution in [0.5, 0.6) is 0 Å². The number of aliphatic hydroxyl groups excluding tert-OH is 1. The number of aryl methyl sites for hydroxylation is 2. The summed E-state index contributed by atoms with van der Waals surface area (Å²) in [6, 6.07) is 1.65. The zero-order chi connectivity index (χ0) is 14.3. The van der Waals surface area contributed by atoms with Gasteiger partial charge in [0.1, 0.15) is 4.83 Å². The summed E-state index contributed by atoms with van der Waals surface area (Å²) in [4.78, 5) is 16.0. The van der Waals surface area contributed by atoms with E-state index >= 15 is 0 Å². The number of aromatic nitrogens is 2. The molecule has 0 saturated carbocycles. The number of fused-ring (bicyclic) bond motifs is 1. The van der Waals surface area contributed by atoms with Crippen molar-refractivity contribution in [1.29, 1.82) is 0 Å². The number of nitrogens with zero attached hydrogens (tertiary/aromatic N) is 3. The summed E-state index contributed by atoms with van der Waals surface area (Å²) >= 11 is 1.45. The lowest BCUT2D eigenvalue weighted by Crippen LogP contribution is -2.50. The van der Waals surface area contributed by atoms with Crippen LogP contribution in [0.2, 0.25) is 0 Å². The summed E-state index contributed by atoms with van der Waals surface area (Å²) in [7, 11) is 1.88. The number of hydrogen-bond donors (Lipinski definition) is 1. The monoisotopic (exact) mass is 295 g/mol. The number of hydrogen-bond acceptors (Lipinski definition) is 5. The first-order valence-corrected chi connectivity index (χ1v) is 7.36. The molecular weight excluding hydrogens is 278 g/mol. The Labute approximate surface area is 120 Å². The van der Waals surface area contributed by atoms with E-state index in [2.05, 4.69) is 5.10 Å². The number of amides is 1. The zero-order valence-electron chi connectivity index (χ0n) is 11.5. The van der Waals surface area contributed by atoms with Crippen LogP contribution in [0.1, 0.15) is 15.4 Å². The Morgan fingerprint density at radius 2 is 2.45 bits per heavy atom. The molecule has 1 amide bonds. The van der Waals surface area contributed by atoms with Gasteiger partial charge in [0.2, 0.25) is 0 Å². The van der Waals surface area contributed by atoms with Crippen LogP contribution in [0.15, 0.2) is 6.07 Å². The van der Waals surface area contributed by atoms with Gasteiger partial charge < -0.3 is 14.7 Å². The molecule has 1 N–H and O–H groups in total. The number of carbonyl (C=O) groups is 1. The van der Waals surface area contributed by atoms with Gasteiger partial charge >= 0.3 is 0 Å². The third-order valence-electron chi connectivity index (χ3n) is 3.61. The molecule has 2 aromatic rings. The predicted octanol–water partition coefficient (Wildman–Crippen LogP) is 0.777. The van der Waals surface area contributed by atoms with E-state index in [-0.39, 0.29) is 18.6 Å². The van der Waals surface area contributed by atoms with Crippen LogP contribution in [-0.2, 0) is 11.8 Å². The van der Waals surface area contributed by atoms with Crippen LogP contribution in [0.25, 0.3) is 10.2 Å². The Morgan fingerprint density at radius 3 is 3.15 bits per heavy atom. The molecule has 1 saturated heterocycles. The van der Waals surface area contributed by atoms with Gasteiger partial charge in [-0.3, -0.25) is 9.48 Å². The normalized spacial score (nSPS) is 19.8. The van der Waals surface area contributed by atoms with E-state index < -0.39 is 0 Å². The van der Waals surface area contributed by atoms with E-state index in [0.717, 1.165) is 15.9 Å². The highest BCUT2D eigenvalue weighted by atomic mass is 32.1. The maximum Gasteiger partial charge on any atom is 0.264 e. The molecule has 0 bridgehead atoms. The number of rotatable bonds is 2. The average Bonchev–Trinajstić information content (AvgIpc) is 3.01. The minimum absolute atomic E-state index is 0.0343. The second kappa shape index (κ2) is 5.16. The molecule has 1 aliphatic heterocycles. The molecule has 1 aliphatic rings. The first kappa shape index (κ1) is 13.5. The van der Waals surface area contributed by atoms with Gasteiger partial charge in [-0.1, -0.05) is 0 Å². The summed E-state index contributed by atoms with van der Waals surface area (Å²) in [6.45, 7) is 3.31. The van der Waals surface area contributed by atoms with Crippen molar-refractivity contribution in [2.75, 3.05) is 26.4 Å². The molecule has 1 unspecified atom stereocenters. The predicted molar refractivity (Wildman–Crippen MR) is 76.1 cm³/mol. The Balaban J connectivity index is 1.93. The highest BCUT2D eigenvalue weighted by Gasteiger charge is 2.29. The fourth-order valence-electron chi connectivity index (χ4n) is 2.53. The second-order valence-corrected chi connectivity index (χ2v) is 5.98. The average molecular weight is 295 g/mol. The molecule has 0 aromatic carbocycles. The van der Waals surface area contributed by atoms with E-state index in [0.29, 0.717) is 24.6 Å². The minimum atomic E-state index is -0.249. The van der Waals surface area contributed by atoms with Crippen molar-refractivity contribution in [1.82, 2.24) is 14.7 Å². The fraction of sp³-hybridized carbons (Fsp3) is 0.538. The van der Waals surface area contributed by atoms with Gasteiger partial charge in [0.05, 0.1) is 36.4 Å². The van der Waals surface area contributed by atoms with E-state index in [1.807, 2.05) is 20.0 Å². The lowest BCUT2D eigenvalue weighted by Gasteiger charge is -2.34. The Kier molecular flexibility index (Phi) is 3.49. The van der Waals surface area contributed by atoms with Crippen LogP contribution in [0.3, 0.4) is 0 Å². The van der Waals surface area contributed by atoms with Crippen molar-refractivity contribution in [2.24, 2.45) is 7.05 Å². The molecule has 0 radical (unpaired) electrons. The van der Waals surface area contributed by atoms with Crippen LogP contribution < -0.4 is 0 Å². The van der Waals surface area contributed by atoms with Crippen molar-refractivity contribution >= 4 is 27.5 Å². The summed E-state index contributed by atoms with van der Waals surface area (Å²) < 4.78 is 7.11. The van der Waals surface area contributed by atoms with Crippen molar-refractivity contribution in [3.63, 3.8) is 0 Å². The fourth-order valence-corrected chi connectivity index (χ4v) is 3.60. The third kappa shape index (κ3) is 2.11. The zero-order valence-corrected chi connectivity index (χ0v) is 12.3. The molecule has 20 heavy (non-hydrogen) atoms. The van der Waals surface area contributed by atoms with Gasteiger partial charge in [-0.2, -0.15) is 5.10 Å². The first-order valence-electron chi connectivity index (χ1n) is 6.54. The molecule has 108 valence electrons. The number of aliphatic hydroxyl groups is 1. The standard InChI is InChI=1S/C13H17N3O3S/c1-8-10-5-11(20-13(10)15(2)14-8)12(18)16-3-4-19-7-9(16)6-17/h5,9,17H,3-4,6-7H2,1-2H3.